The van der Waals surface area contributed by atoms with Gasteiger partial charge in [-0.1, -0.05) is 0 Å². The van der Waals surface area contributed by atoms with Crippen molar-refractivity contribution in [2.75, 3.05) is 172 Å². The maximum atomic E-state index is 11.4. The molecule has 0 aromatic rings. The maximum absolute atomic E-state index is 11.4. The zero-order chi connectivity index (χ0) is 37.3. The van der Waals surface area contributed by atoms with Gasteiger partial charge in [0.15, 0.2) is 0 Å². The third-order valence-electron chi connectivity index (χ3n) is 5.83. The van der Waals surface area contributed by atoms with Crippen molar-refractivity contribution >= 4 is 23.7 Å². The van der Waals surface area contributed by atoms with Crippen molar-refractivity contribution in [3.63, 3.8) is 0 Å². The molecule has 0 atom stereocenters. The second kappa shape index (κ2) is 40.4. The number of carbonyl (C=O) groups excluding carboxylic acids is 3. The number of ketones is 1. The molecule has 0 rings (SSSR count). The molecule has 0 heterocycles. The molecule has 0 unspecified atom stereocenters. The lowest BCUT2D eigenvalue weighted by atomic mass is 10.2. The molecule has 1 N–H and O–H groups in total. The van der Waals surface area contributed by atoms with Crippen LogP contribution in [0.2, 0.25) is 0 Å². The van der Waals surface area contributed by atoms with Gasteiger partial charge in [-0.3, -0.25) is 9.59 Å². The van der Waals surface area contributed by atoms with E-state index >= 15 is 0 Å². The van der Waals surface area contributed by atoms with Crippen molar-refractivity contribution in [2.45, 2.75) is 12.8 Å². The second-order valence-corrected chi connectivity index (χ2v) is 9.81. The highest BCUT2D eigenvalue weighted by molar-refractivity contribution is 6.32. The van der Waals surface area contributed by atoms with Gasteiger partial charge in [0.1, 0.15) is 13.2 Å². The highest BCUT2D eigenvalue weighted by Gasteiger charge is 2.14. The predicted molar refractivity (Wildman–Crippen MR) is 175 cm³/mol. The van der Waals surface area contributed by atoms with E-state index in [0.29, 0.717) is 145 Å². The minimum Gasteiger partial charge on any atom is -0.476 e. The molecule has 0 aromatic carbocycles. The minimum atomic E-state index is -1.57. The van der Waals surface area contributed by atoms with Gasteiger partial charge in [-0.05, 0) is 0 Å². The Labute approximate surface area is 299 Å². The van der Waals surface area contributed by atoms with Crippen LogP contribution in [-0.4, -0.2) is 201 Å². The first-order valence-corrected chi connectivity index (χ1v) is 16.9. The Morgan fingerprint density at radius 2 is 0.608 bits per heavy atom. The summed E-state index contributed by atoms with van der Waals surface area (Å²) in [6.45, 7) is 9.53. The van der Waals surface area contributed by atoms with E-state index in [0.717, 1.165) is 0 Å². The molecule has 0 saturated heterocycles. The molecule has 51 heavy (non-hydrogen) atoms. The quantitative estimate of drug-likeness (QED) is 0.0466. The molecule has 0 spiro atoms. The molecule has 300 valence electrons. The van der Waals surface area contributed by atoms with E-state index in [9.17, 15) is 19.2 Å². The molecule has 0 radical (unpaired) electrons. The number of hydrogen-bond donors (Lipinski definition) is 1. The van der Waals surface area contributed by atoms with E-state index in [1.165, 1.54) is 7.11 Å². The van der Waals surface area contributed by atoms with Crippen LogP contribution in [0, 0.1) is 0 Å². The highest BCUT2D eigenvalue weighted by Crippen LogP contribution is 1.95. The van der Waals surface area contributed by atoms with Crippen molar-refractivity contribution in [1.82, 2.24) is 0 Å². The monoisotopic (exact) mass is 746 g/mol. The first-order valence-electron chi connectivity index (χ1n) is 16.9. The standard InChI is InChI=1S/C32H58O19/c1-38-31(35)28-50-25-24-48-21-20-46-17-16-44-13-12-42-9-8-40-5-4-39-6-7-41-10-11-43-14-15-45-18-19-47-22-23-49-26-27-51-30(34)3-2-29(33)32(36)37/h2-28H2,1H3,(H,36,37). The summed E-state index contributed by atoms with van der Waals surface area (Å²) < 4.78 is 73.7. The Morgan fingerprint density at radius 3 is 0.863 bits per heavy atom. The molecule has 0 saturated carbocycles. The number of Topliss-reactive ketones (excluding diaryl/α,β-unsaturated/α-hetero) is 1. The van der Waals surface area contributed by atoms with Crippen LogP contribution in [0.5, 0.6) is 0 Å². The van der Waals surface area contributed by atoms with Gasteiger partial charge in [0.25, 0.3) is 0 Å². The fourth-order valence-corrected chi connectivity index (χ4v) is 3.24. The topological polar surface area (TPSA) is 218 Å². The number of esters is 2. The number of carbonyl (C=O) groups is 4. The van der Waals surface area contributed by atoms with Gasteiger partial charge in [-0.25, -0.2) is 9.59 Å². The summed E-state index contributed by atoms with van der Waals surface area (Å²) in [5.41, 5.74) is 0. The van der Waals surface area contributed by atoms with Crippen LogP contribution in [0.15, 0.2) is 0 Å². The van der Waals surface area contributed by atoms with E-state index in [1.54, 1.807) is 0 Å². The van der Waals surface area contributed by atoms with Crippen molar-refractivity contribution in [3.05, 3.63) is 0 Å². The SMILES string of the molecule is COC(=O)COCCOCCOCCOCCOCCOCCOCCOCCOCCOCCOCCOCCOC(=O)CCC(=O)C(=O)O. The van der Waals surface area contributed by atoms with Gasteiger partial charge in [-0.15, -0.1) is 0 Å². The van der Waals surface area contributed by atoms with Crippen molar-refractivity contribution in [2.24, 2.45) is 0 Å². The van der Waals surface area contributed by atoms with Gasteiger partial charge < -0.3 is 71.4 Å². The van der Waals surface area contributed by atoms with E-state index < -0.39 is 30.1 Å². The zero-order valence-corrected chi connectivity index (χ0v) is 29.9. The predicted octanol–water partition coefficient (Wildman–Crippen LogP) is -0.664. The summed E-state index contributed by atoms with van der Waals surface area (Å²) in [4.78, 5) is 43.5. The molecule has 19 heteroatoms. The normalized spacial score (nSPS) is 11.2. The van der Waals surface area contributed by atoms with Gasteiger partial charge in [0.05, 0.1) is 165 Å². The van der Waals surface area contributed by atoms with Crippen LogP contribution >= 0.6 is 0 Å². The first kappa shape index (κ1) is 48.6. The highest BCUT2D eigenvalue weighted by atomic mass is 16.6. The summed E-state index contributed by atoms with van der Waals surface area (Å²) in [5.74, 6) is -3.67. The summed E-state index contributed by atoms with van der Waals surface area (Å²) in [6.07, 6.45) is -0.670. The van der Waals surface area contributed by atoms with Crippen LogP contribution in [-0.2, 0) is 85.5 Å². The van der Waals surface area contributed by atoms with E-state index in [2.05, 4.69) is 4.74 Å². The summed E-state index contributed by atoms with van der Waals surface area (Å²) >= 11 is 0. The van der Waals surface area contributed by atoms with Crippen LogP contribution < -0.4 is 0 Å². The summed E-state index contributed by atoms with van der Waals surface area (Å²) in [6, 6.07) is 0. The third-order valence-corrected chi connectivity index (χ3v) is 5.83. The Morgan fingerprint density at radius 1 is 0.353 bits per heavy atom. The Balaban J connectivity index is 3.12. The van der Waals surface area contributed by atoms with E-state index in [-0.39, 0.29) is 26.2 Å². The molecule has 0 bridgehead atoms. The molecule has 0 aromatic heterocycles. The number of aliphatic carboxylic acids is 1. The number of methoxy groups -OCH3 is 1. The smallest absolute Gasteiger partial charge is 0.372 e. The zero-order valence-electron chi connectivity index (χ0n) is 29.9. The fraction of sp³-hybridized carbons (Fsp3) is 0.875. The Hall–Kier alpha value is -2.40. The van der Waals surface area contributed by atoms with Gasteiger partial charge >= 0.3 is 17.9 Å². The van der Waals surface area contributed by atoms with Crippen LogP contribution in [0.3, 0.4) is 0 Å². The Bertz CT molecular complexity index is 815. The van der Waals surface area contributed by atoms with Gasteiger partial charge in [-0.2, -0.15) is 0 Å². The lowest BCUT2D eigenvalue weighted by molar-refractivity contribution is -0.151. The van der Waals surface area contributed by atoms with Crippen LogP contribution in [0.1, 0.15) is 12.8 Å². The molecule has 0 amide bonds. The summed E-state index contributed by atoms with van der Waals surface area (Å²) in [7, 11) is 1.31. The average Bonchev–Trinajstić information content (AvgIpc) is 3.13. The average molecular weight is 747 g/mol. The molecular formula is C32H58O19. The third kappa shape index (κ3) is 40.2. The molecule has 0 aliphatic carbocycles. The van der Waals surface area contributed by atoms with Crippen LogP contribution in [0.4, 0.5) is 0 Å². The molecule has 19 nitrogen and oxygen atoms in total. The summed E-state index contributed by atoms with van der Waals surface area (Å²) in [5, 5.41) is 8.44. The number of rotatable bonds is 42. The molecule has 0 aliphatic heterocycles. The largest absolute Gasteiger partial charge is 0.476 e. The van der Waals surface area contributed by atoms with Crippen molar-refractivity contribution in [3.8, 4) is 0 Å². The lowest BCUT2D eigenvalue weighted by Gasteiger charge is -2.09. The van der Waals surface area contributed by atoms with E-state index in [1.807, 2.05) is 0 Å². The maximum Gasteiger partial charge on any atom is 0.372 e. The van der Waals surface area contributed by atoms with Crippen molar-refractivity contribution < 1.29 is 90.6 Å². The number of ether oxygens (including phenoxy) is 14. The van der Waals surface area contributed by atoms with Crippen LogP contribution in [0.25, 0.3) is 0 Å². The second-order valence-electron chi connectivity index (χ2n) is 9.81. The minimum absolute atomic E-state index is 0.00807. The van der Waals surface area contributed by atoms with Gasteiger partial charge in [0, 0.05) is 6.42 Å². The molecular weight excluding hydrogens is 688 g/mol. The number of hydrogen-bond acceptors (Lipinski definition) is 18. The van der Waals surface area contributed by atoms with Crippen molar-refractivity contribution in [1.29, 1.82) is 0 Å². The van der Waals surface area contributed by atoms with Gasteiger partial charge in [0.2, 0.25) is 5.78 Å². The number of carboxylic acid groups (broad SMARTS) is 1. The Kier molecular flexibility index (Phi) is 38.5. The van der Waals surface area contributed by atoms with E-state index in [4.69, 9.17) is 66.7 Å². The molecule has 0 fully saturated rings. The number of carboxylic acids is 1. The fourth-order valence-electron chi connectivity index (χ4n) is 3.24. The first-order chi connectivity index (χ1) is 25.0. The molecule has 0 aliphatic rings. The lowest BCUT2D eigenvalue weighted by Crippen LogP contribution is -2.17.